The van der Waals surface area contributed by atoms with Crippen LogP contribution in [0, 0.1) is 20.8 Å². The van der Waals surface area contributed by atoms with Crippen molar-refractivity contribution in [1.82, 2.24) is 0 Å². The molecule has 0 fully saturated rings. The number of anilines is 1. The van der Waals surface area contributed by atoms with Gasteiger partial charge in [-0.05, 0) is 74.2 Å². The Morgan fingerprint density at radius 2 is 1.61 bits per heavy atom. The molecular formula is C32H33NO3. The molecule has 0 amide bonds. The SMILES string of the molecule is CC(=O)Oc1c(C)c(C)c2c(c1C)CCC(C)(C(Nc1cccc3ccccc13)c1ccccc1)O2. The number of hydrogen-bond acceptors (Lipinski definition) is 4. The predicted molar refractivity (Wildman–Crippen MR) is 146 cm³/mol. The Morgan fingerprint density at radius 1 is 0.917 bits per heavy atom. The van der Waals surface area contributed by atoms with Crippen LogP contribution in [0.5, 0.6) is 11.5 Å². The largest absolute Gasteiger partial charge is 0.484 e. The first kappa shape index (κ1) is 23.9. The van der Waals surface area contributed by atoms with Crippen LogP contribution in [0.25, 0.3) is 10.8 Å². The van der Waals surface area contributed by atoms with Crippen molar-refractivity contribution in [2.24, 2.45) is 0 Å². The molecule has 2 unspecified atom stereocenters. The van der Waals surface area contributed by atoms with Crippen molar-refractivity contribution in [3.05, 3.63) is 101 Å². The van der Waals surface area contributed by atoms with Crippen LogP contribution in [0.3, 0.4) is 0 Å². The third kappa shape index (κ3) is 4.21. The van der Waals surface area contributed by atoms with E-state index in [0.717, 1.165) is 46.5 Å². The fourth-order valence-electron chi connectivity index (χ4n) is 5.49. The van der Waals surface area contributed by atoms with Crippen LogP contribution in [0.2, 0.25) is 0 Å². The summed E-state index contributed by atoms with van der Waals surface area (Å²) in [6.07, 6.45) is 1.66. The van der Waals surface area contributed by atoms with Gasteiger partial charge in [-0.25, -0.2) is 0 Å². The van der Waals surface area contributed by atoms with E-state index in [2.05, 4.69) is 85.9 Å². The van der Waals surface area contributed by atoms with Crippen LogP contribution < -0.4 is 14.8 Å². The molecule has 0 aliphatic carbocycles. The summed E-state index contributed by atoms with van der Waals surface area (Å²) in [7, 11) is 0. The topological polar surface area (TPSA) is 47.6 Å². The Balaban J connectivity index is 1.59. The molecule has 1 aliphatic rings. The fraction of sp³-hybridized carbons (Fsp3) is 0.281. The maximum absolute atomic E-state index is 11.8. The average Bonchev–Trinajstić information content (AvgIpc) is 2.88. The number of ether oxygens (including phenoxy) is 2. The number of carbonyl (C=O) groups is 1. The van der Waals surface area contributed by atoms with Gasteiger partial charge < -0.3 is 14.8 Å². The van der Waals surface area contributed by atoms with Crippen LogP contribution >= 0.6 is 0 Å². The molecule has 0 bridgehead atoms. The molecule has 4 aromatic rings. The molecule has 2 atom stereocenters. The Kier molecular flexibility index (Phi) is 6.21. The van der Waals surface area contributed by atoms with Gasteiger partial charge in [-0.1, -0.05) is 66.7 Å². The second-order valence-corrected chi connectivity index (χ2v) is 10.0. The van der Waals surface area contributed by atoms with Gasteiger partial charge in [0.15, 0.2) is 0 Å². The van der Waals surface area contributed by atoms with Gasteiger partial charge in [-0.3, -0.25) is 4.79 Å². The van der Waals surface area contributed by atoms with Gasteiger partial charge in [-0.2, -0.15) is 0 Å². The summed E-state index contributed by atoms with van der Waals surface area (Å²) in [4.78, 5) is 11.8. The zero-order valence-electron chi connectivity index (χ0n) is 21.6. The van der Waals surface area contributed by atoms with Crippen molar-refractivity contribution >= 4 is 22.4 Å². The lowest BCUT2D eigenvalue weighted by Crippen LogP contribution is -2.46. The third-order valence-corrected chi connectivity index (χ3v) is 7.60. The summed E-state index contributed by atoms with van der Waals surface area (Å²) in [5.74, 6) is 1.28. The highest BCUT2D eigenvalue weighted by Crippen LogP contribution is 2.48. The van der Waals surface area contributed by atoms with E-state index in [9.17, 15) is 4.79 Å². The first-order valence-corrected chi connectivity index (χ1v) is 12.6. The number of benzene rings is 4. The van der Waals surface area contributed by atoms with Crippen molar-refractivity contribution in [2.45, 2.75) is 59.1 Å². The van der Waals surface area contributed by atoms with E-state index in [0.29, 0.717) is 5.75 Å². The summed E-state index contributed by atoms with van der Waals surface area (Å²) in [5, 5.41) is 6.26. The molecule has 1 N–H and O–H groups in total. The third-order valence-electron chi connectivity index (χ3n) is 7.60. The number of nitrogens with one attached hydrogen (secondary N) is 1. The monoisotopic (exact) mass is 479 g/mol. The average molecular weight is 480 g/mol. The fourth-order valence-corrected chi connectivity index (χ4v) is 5.49. The van der Waals surface area contributed by atoms with Crippen molar-refractivity contribution in [3.63, 3.8) is 0 Å². The lowest BCUT2D eigenvalue weighted by Gasteiger charge is -2.44. The second-order valence-electron chi connectivity index (χ2n) is 10.0. The maximum Gasteiger partial charge on any atom is 0.308 e. The van der Waals surface area contributed by atoms with Crippen molar-refractivity contribution in [1.29, 1.82) is 0 Å². The molecule has 4 nitrogen and oxygen atoms in total. The minimum atomic E-state index is -0.502. The summed E-state index contributed by atoms with van der Waals surface area (Å²) < 4.78 is 12.6. The Labute approximate surface area is 213 Å². The van der Waals surface area contributed by atoms with Crippen LogP contribution in [0.15, 0.2) is 72.8 Å². The van der Waals surface area contributed by atoms with Gasteiger partial charge in [0.1, 0.15) is 17.1 Å². The molecule has 5 rings (SSSR count). The predicted octanol–water partition coefficient (Wildman–Crippen LogP) is 7.63. The summed E-state index contributed by atoms with van der Waals surface area (Å²) in [6, 6.07) is 25.3. The number of fused-ring (bicyclic) bond motifs is 2. The Bertz CT molecular complexity index is 1440. The van der Waals surface area contributed by atoms with Crippen LogP contribution in [0.4, 0.5) is 5.69 Å². The zero-order chi connectivity index (χ0) is 25.4. The molecule has 0 saturated carbocycles. The molecule has 1 aliphatic heterocycles. The van der Waals surface area contributed by atoms with Crippen LogP contribution in [-0.2, 0) is 11.2 Å². The smallest absolute Gasteiger partial charge is 0.308 e. The number of carbonyl (C=O) groups excluding carboxylic acids is 1. The van der Waals surface area contributed by atoms with Crippen LogP contribution in [0.1, 0.15) is 54.1 Å². The van der Waals surface area contributed by atoms with Gasteiger partial charge in [0.25, 0.3) is 0 Å². The molecule has 36 heavy (non-hydrogen) atoms. The standard InChI is InChI=1S/C32H33NO3/c1-20-21(2)30-26(22(3)29(20)35-23(4)34)18-19-32(5,36-30)31(25-13-7-6-8-14-25)33-28-17-11-15-24-12-9-10-16-27(24)28/h6-17,31,33H,18-19H2,1-5H3. The minimum Gasteiger partial charge on any atom is -0.484 e. The molecule has 184 valence electrons. The van der Waals surface area contributed by atoms with E-state index in [4.69, 9.17) is 9.47 Å². The molecule has 0 saturated heterocycles. The highest BCUT2D eigenvalue weighted by molar-refractivity contribution is 5.94. The first-order valence-electron chi connectivity index (χ1n) is 12.6. The minimum absolute atomic E-state index is 0.0779. The van der Waals surface area contributed by atoms with Crippen molar-refractivity contribution in [3.8, 4) is 11.5 Å². The number of esters is 1. The van der Waals surface area contributed by atoms with Crippen LogP contribution in [-0.4, -0.2) is 11.6 Å². The van der Waals surface area contributed by atoms with E-state index < -0.39 is 5.60 Å². The van der Waals surface area contributed by atoms with E-state index >= 15 is 0 Å². The molecule has 0 radical (unpaired) electrons. The van der Waals surface area contributed by atoms with E-state index in [1.54, 1.807) is 0 Å². The first-order chi connectivity index (χ1) is 17.3. The maximum atomic E-state index is 11.8. The van der Waals surface area contributed by atoms with Gasteiger partial charge in [0.2, 0.25) is 0 Å². The molecule has 0 spiro atoms. The molecule has 4 heteroatoms. The lowest BCUT2D eigenvalue weighted by molar-refractivity contribution is -0.132. The van der Waals surface area contributed by atoms with E-state index in [1.807, 2.05) is 19.9 Å². The van der Waals surface area contributed by atoms with E-state index in [1.165, 1.54) is 23.3 Å². The number of hydrogen-bond donors (Lipinski definition) is 1. The summed E-state index contributed by atoms with van der Waals surface area (Å²) >= 11 is 0. The molecular weight excluding hydrogens is 446 g/mol. The van der Waals surface area contributed by atoms with Crippen molar-refractivity contribution in [2.75, 3.05) is 5.32 Å². The number of rotatable bonds is 5. The zero-order valence-corrected chi connectivity index (χ0v) is 21.6. The molecule has 1 heterocycles. The summed E-state index contributed by atoms with van der Waals surface area (Å²) in [5.41, 5.74) is 5.86. The van der Waals surface area contributed by atoms with Crippen molar-refractivity contribution < 1.29 is 14.3 Å². The normalized spacial score (nSPS) is 17.7. The van der Waals surface area contributed by atoms with Gasteiger partial charge in [-0.15, -0.1) is 0 Å². The van der Waals surface area contributed by atoms with E-state index in [-0.39, 0.29) is 12.0 Å². The van der Waals surface area contributed by atoms with Gasteiger partial charge in [0, 0.05) is 23.6 Å². The second kappa shape index (κ2) is 9.34. The quantitative estimate of drug-likeness (QED) is 0.236. The molecule has 0 aromatic heterocycles. The van der Waals surface area contributed by atoms with Gasteiger partial charge in [0.05, 0.1) is 6.04 Å². The molecule has 4 aromatic carbocycles. The highest BCUT2D eigenvalue weighted by atomic mass is 16.5. The summed E-state index contributed by atoms with van der Waals surface area (Å²) in [6.45, 7) is 9.74. The lowest BCUT2D eigenvalue weighted by atomic mass is 9.80. The Hall–Kier alpha value is -3.79. The van der Waals surface area contributed by atoms with Gasteiger partial charge >= 0.3 is 5.97 Å². The highest BCUT2D eigenvalue weighted by Gasteiger charge is 2.42. The Morgan fingerprint density at radius 3 is 2.36 bits per heavy atom.